The third-order valence-corrected chi connectivity index (χ3v) is 3.93. The summed E-state index contributed by atoms with van der Waals surface area (Å²) in [6.07, 6.45) is 4.92. The second-order valence-electron chi connectivity index (χ2n) is 4.86. The van der Waals surface area contributed by atoms with E-state index in [2.05, 4.69) is 46.2 Å². The van der Waals surface area contributed by atoms with Gasteiger partial charge >= 0.3 is 0 Å². The van der Waals surface area contributed by atoms with Gasteiger partial charge in [-0.1, -0.05) is 11.6 Å². The van der Waals surface area contributed by atoms with Crippen LogP contribution in [0, 0.1) is 0 Å². The largest absolute Gasteiger partial charge is 0.370 e. The molecular weight excluding hydrogens is 256 g/mol. The zero-order chi connectivity index (χ0) is 13.5. The second-order valence-corrected chi connectivity index (χ2v) is 6.08. The molecule has 0 unspecified atom stereocenters. The average Bonchev–Trinajstić information content (AvgIpc) is 2.45. The molecule has 2 heterocycles. The predicted octanol–water partition coefficient (Wildman–Crippen LogP) is 2.80. The van der Waals surface area contributed by atoms with E-state index < -0.39 is 0 Å². The van der Waals surface area contributed by atoms with Crippen molar-refractivity contribution in [2.24, 2.45) is 0 Å². The van der Waals surface area contributed by atoms with Crippen LogP contribution >= 0.6 is 11.8 Å². The van der Waals surface area contributed by atoms with Gasteiger partial charge in [0.05, 0.1) is 0 Å². The smallest absolute Gasteiger partial charge is 0.134 e. The Kier molecular flexibility index (Phi) is 5.51. The van der Waals surface area contributed by atoms with Crippen LogP contribution in [0.4, 0.5) is 11.6 Å². The number of allylic oxidation sites excluding steroid dienone is 1. The fourth-order valence-electron chi connectivity index (χ4n) is 1.97. The molecule has 0 atom stereocenters. The molecular formula is C14H22N4S. The summed E-state index contributed by atoms with van der Waals surface area (Å²) in [7, 11) is 0. The van der Waals surface area contributed by atoms with Crippen molar-refractivity contribution < 1.29 is 0 Å². The Bertz CT molecular complexity index is 423. The van der Waals surface area contributed by atoms with Gasteiger partial charge in [0, 0.05) is 37.2 Å². The number of nitrogens with one attached hydrogen (secondary N) is 1. The van der Waals surface area contributed by atoms with Gasteiger partial charge in [-0.15, -0.1) is 0 Å². The molecule has 1 aliphatic heterocycles. The van der Waals surface area contributed by atoms with E-state index in [-0.39, 0.29) is 0 Å². The lowest BCUT2D eigenvalue weighted by molar-refractivity contribution is 0.834. The van der Waals surface area contributed by atoms with Crippen LogP contribution in [0.1, 0.15) is 20.3 Å². The summed E-state index contributed by atoms with van der Waals surface area (Å²) in [5.41, 5.74) is 1.36. The molecule has 0 aliphatic carbocycles. The van der Waals surface area contributed by atoms with Crippen molar-refractivity contribution in [1.29, 1.82) is 0 Å². The quantitative estimate of drug-likeness (QED) is 0.662. The molecule has 1 saturated heterocycles. The molecule has 1 aliphatic rings. The number of anilines is 2. The molecule has 2 rings (SSSR count). The number of rotatable bonds is 5. The van der Waals surface area contributed by atoms with Crippen LogP contribution < -0.4 is 10.2 Å². The van der Waals surface area contributed by atoms with Crippen molar-refractivity contribution in [3.05, 3.63) is 24.0 Å². The van der Waals surface area contributed by atoms with Crippen molar-refractivity contribution >= 4 is 23.4 Å². The first kappa shape index (κ1) is 14.2. The van der Waals surface area contributed by atoms with Gasteiger partial charge in [-0.25, -0.2) is 9.97 Å². The van der Waals surface area contributed by atoms with Gasteiger partial charge in [0.25, 0.3) is 0 Å². The van der Waals surface area contributed by atoms with Gasteiger partial charge in [0.15, 0.2) is 0 Å². The summed E-state index contributed by atoms with van der Waals surface area (Å²) >= 11 is 2.01. The van der Waals surface area contributed by atoms with E-state index in [4.69, 9.17) is 0 Å². The first-order valence-electron chi connectivity index (χ1n) is 6.77. The molecule has 1 N–H and O–H groups in total. The summed E-state index contributed by atoms with van der Waals surface area (Å²) < 4.78 is 0. The van der Waals surface area contributed by atoms with Crippen LogP contribution in [0.25, 0.3) is 0 Å². The molecule has 19 heavy (non-hydrogen) atoms. The maximum absolute atomic E-state index is 4.37. The number of hydrogen-bond donors (Lipinski definition) is 1. The van der Waals surface area contributed by atoms with Crippen LogP contribution in [0.15, 0.2) is 24.0 Å². The Hall–Kier alpha value is -1.23. The fourth-order valence-corrected chi connectivity index (χ4v) is 2.87. The third-order valence-electron chi connectivity index (χ3n) is 2.99. The molecule has 0 bridgehead atoms. The van der Waals surface area contributed by atoms with Gasteiger partial charge in [0.1, 0.15) is 18.0 Å². The van der Waals surface area contributed by atoms with E-state index in [1.165, 1.54) is 17.1 Å². The highest BCUT2D eigenvalue weighted by molar-refractivity contribution is 7.99. The Morgan fingerprint density at radius 3 is 2.89 bits per heavy atom. The Balaban J connectivity index is 1.89. The van der Waals surface area contributed by atoms with Gasteiger partial charge in [0.2, 0.25) is 0 Å². The Labute approximate surface area is 119 Å². The lowest BCUT2D eigenvalue weighted by Gasteiger charge is -2.27. The molecule has 0 saturated carbocycles. The first-order chi connectivity index (χ1) is 9.25. The highest BCUT2D eigenvalue weighted by Crippen LogP contribution is 2.18. The normalized spacial score (nSPS) is 15.2. The molecule has 104 valence electrons. The fraction of sp³-hybridized carbons (Fsp3) is 0.571. The van der Waals surface area contributed by atoms with Crippen LogP contribution in [-0.4, -0.2) is 41.1 Å². The molecule has 0 amide bonds. The van der Waals surface area contributed by atoms with Crippen molar-refractivity contribution in [3.8, 4) is 0 Å². The Morgan fingerprint density at radius 1 is 1.37 bits per heavy atom. The SMILES string of the molecule is CC(C)=CCCNc1cc(N2CCSCC2)ncn1. The van der Waals surface area contributed by atoms with Crippen LogP contribution in [0.5, 0.6) is 0 Å². The molecule has 1 fully saturated rings. The zero-order valence-corrected chi connectivity index (χ0v) is 12.5. The monoisotopic (exact) mass is 278 g/mol. The molecule has 0 radical (unpaired) electrons. The molecule has 0 aromatic carbocycles. The molecule has 1 aromatic heterocycles. The van der Waals surface area contributed by atoms with Crippen molar-refractivity contribution in [2.75, 3.05) is 41.4 Å². The zero-order valence-electron chi connectivity index (χ0n) is 11.7. The summed E-state index contributed by atoms with van der Waals surface area (Å²) in [6.45, 7) is 7.32. The van der Waals surface area contributed by atoms with Gasteiger partial charge in [-0.3, -0.25) is 0 Å². The Morgan fingerprint density at radius 2 is 2.16 bits per heavy atom. The lowest BCUT2D eigenvalue weighted by Crippen LogP contribution is -2.33. The van der Waals surface area contributed by atoms with E-state index in [1.807, 2.05) is 11.8 Å². The number of thioether (sulfide) groups is 1. The minimum absolute atomic E-state index is 0.914. The van der Waals surface area contributed by atoms with Gasteiger partial charge < -0.3 is 10.2 Å². The number of aromatic nitrogens is 2. The van der Waals surface area contributed by atoms with Crippen molar-refractivity contribution in [1.82, 2.24) is 9.97 Å². The second kappa shape index (κ2) is 7.38. The molecule has 1 aromatic rings. The summed E-state index contributed by atoms with van der Waals surface area (Å²) in [5, 5.41) is 3.35. The summed E-state index contributed by atoms with van der Waals surface area (Å²) in [4.78, 5) is 11.0. The summed E-state index contributed by atoms with van der Waals surface area (Å²) in [6, 6.07) is 2.05. The van der Waals surface area contributed by atoms with Crippen molar-refractivity contribution in [3.63, 3.8) is 0 Å². The number of hydrogen-bond acceptors (Lipinski definition) is 5. The maximum Gasteiger partial charge on any atom is 0.134 e. The van der Waals surface area contributed by atoms with Gasteiger partial charge in [-0.05, 0) is 20.3 Å². The molecule has 4 nitrogen and oxygen atoms in total. The minimum atomic E-state index is 0.914. The van der Waals surface area contributed by atoms with Crippen LogP contribution in [0.2, 0.25) is 0 Å². The van der Waals surface area contributed by atoms with Crippen LogP contribution in [-0.2, 0) is 0 Å². The third kappa shape index (κ3) is 4.74. The summed E-state index contributed by atoms with van der Waals surface area (Å²) in [5.74, 6) is 4.34. The van der Waals surface area contributed by atoms with E-state index in [0.717, 1.165) is 37.7 Å². The predicted molar refractivity (Wildman–Crippen MR) is 84.1 cm³/mol. The van der Waals surface area contributed by atoms with E-state index in [1.54, 1.807) is 6.33 Å². The van der Waals surface area contributed by atoms with Gasteiger partial charge in [-0.2, -0.15) is 11.8 Å². The number of nitrogens with zero attached hydrogens (tertiary/aromatic N) is 3. The lowest BCUT2D eigenvalue weighted by atomic mass is 10.3. The van der Waals surface area contributed by atoms with Crippen LogP contribution in [0.3, 0.4) is 0 Å². The highest BCUT2D eigenvalue weighted by Gasteiger charge is 2.12. The molecule has 5 heteroatoms. The van der Waals surface area contributed by atoms with Crippen molar-refractivity contribution in [2.45, 2.75) is 20.3 Å². The highest BCUT2D eigenvalue weighted by atomic mass is 32.2. The van der Waals surface area contributed by atoms with E-state index >= 15 is 0 Å². The standard InChI is InChI=1S/C14H22N4S/c1-12(2)4-3-5-15-13-10-14(17-11-16-13)18-6-8-19-9-7-18/h4,10-11H,3,5-9H2,1-2H3,(H,15,16,17). The van der Waals surface area contributed by atoms with E-state index in [0.29, 0.717) is 0 Å². The average molecular weight is 278 g/mol. The van der Waals surface area contributed by atoms with E-state index in [9.17, 15) is 0 Å². The minimum Gasteiger partial charge on any atom is -0.370 e. The molecule has 0 spiro atoms. The first-order valence-corrected chi connectivity index (χ1v) is 7.93. The maximum atomic E-state index is 4.37. The topological polar surface area (TPSA) is 41.0 Å².